The Labute approximate surface area is 87.3 Å². The Hall–Kier alpha value is -2.03. The normalized spacial score (nSPS) is 16.5. The molecule has 1 aromatic carbocycles. The van der Waals surface area contributed by atoms with E-state index in [4.69, 9.17) is 4.74 Å². The lowest BCUT2D eigenvalue weighted by molar-refractivity contribution is 0.291. The van der Waals surface area contributed by atoms with Gasteiger partial charge in [-0.15, -0.1) is 0 Å². The molecule has 0 aliphatic carbocycles. The van der Waals surface area contributed by atoms with E-state index in [1.165, 1.54) is 0 Å². The van der Waals surface area contributed by atoms with Crippen molar-refractivity contribution in [1.82, 2.24) is 9.55 Å². The Morgan fingerprint density at radius 3 is 3.20 bits per heavy atom. The second-order valence-corrected chi connectivity index (χ2v) is 3.35. The third kappa shape index (κ3) is 1.32. The lowest BCUT2D eigenvalue weighted by Gasteiger charge is -2.03. The third-order valence-electron chi connectivity index (χ3n) is 2.39. The largest absolute Gasteiger partial charge is 0.496 e. The fourth-order valence-electron chi connectivity index (χ4n) is 1.71. The summed E-state index contributed by atoms with van der Waals surface area (Å²) in [4.78, 5) is 4.52. The number of ether oxygens (including phenoxy) is 1. The molecular weight excluding hydrogens is 188 g/mol. The van der Waals surface area contributed by atoms with Crippen LogP contribution in [0.5, 0.6) is 0 Å². The highest BCUT2D eigenvalue weighted by molar-refractivity contribution is 5.80. The topological polar surface area (TPSA) is 27.1 Å². The van der Waals surface area contributed by atoms with Crippen molar-refractivity contribution < 1.29 is 4.74 Å². The summed E-state index contributed by atoms with van der Waals surface area (Å²) in [5.41, 5.74) is 2.10. The first-order chi connectivity index (χ1) is 7.45. The molecule has 2 heterocycles. The van der Waals surface area contributed by atoms with Crippen LogP contribution in [-0.4, -0.2) is 16.2 Å². The molecule has 0 N–H and O–H groups in total. The number of hydrogen-bond donors (Lipinski definition) is 0. The van der Waals surface area contributed by atoms with Crippen LogP contribution in [-0.2, 0) is 4.74 Å². The summed E-state index contributed by atoms with van der Waals surface area (Å²) in [6, 6.07) is 8.06. The first-order valence-electron chi connectivity index (χ1n) is 4.87. The average Bonchev–Trinajstić information content (AvgIpc) is 2.55. The molecule has 0 fully saturated rings. The molecule has 0 spiro atoms. The first kappa shape index (κ1) is 8.29. The summed E-state index contributed by atoms with van der Waals surface area (Å²) < 4.78 is 7.25. The molecule has 74 valence electrons. The number of imidazole rings is 1. The monoisotopic (exact) mass is 198 g/mol. The van der Waals surface area contributed by atoms with Gasteiger partial charge in [0.2, 0.25) is 0 Å². The first-order valence-corrected chi connectivity index (χ1v) is 4.87. The van der Waals surface area contributed by atoms with E-state index in [0.29, 0.717) is 6.61 Å². The Morgan fingerprint density at radius 2 is 2.20 bits per heavy atom. The molecule has 0 radical (unpaired) electrons. The fourth-order valence-corrected chi connectivity index (χ4v) is 1.71. The van der Waals surface area contributed by atoms with Crippen LogP contribution in [0, 0.1) is 0 Å². The lowest BCUT2D eigenvalue weighted by Crippen LogP contribution is -1.94. The van der Waals surface area contributed by atoms with Gasteiger partial charge in [0.1, 0.15) is 18.7 Å². The van der Waals surface area contributed by atoms with Crippen molar-refractivity contribution in [1.29, 1.82) is 0 Å². The minimum absolute atomic E-state index is 0.597. The van der Waals surface area contributed by atoms with Gasteiger partial charge in [-0.05, 0) is 24.3 Å². The van der Waals surface area contributed by atoms with Gasteiger partial charge in [0, 0.05) is 6.20 Å². The van der Waals surface area contributed by atoms with Crippen LogP contribution in [0.15, 0.2) is 36.6 Å². The van der Waals surface area contributed by atoms with Crippen molar-refractivity contribution in [2.24, 2.45) is 0 Å². The minimum Gasteiger partial charge on any atom is -0.496 e. The molecule has 0 bridgehead atoms. The maximum Gasteiger partial charge on any atom is 0.137 e. The molecule has 15 heavy (non-hydrogen) atoms. The standard InChI is InChI=1S/C12H10N2O/c1-2-5-11-10(4-1)13-12-6-3-8-15-9-7-14(11)12/h1-7,9H,8H2/b6-3?,9-7+. The molecule has 0 saturated carbocycles. The zero-order valence-electron chi connectivity index (χ0n) is 8.13. The predicted octanol–water partition coefficient (Wildman–Crippen LogP) is 2.51. The molecule has 0 atom stereocenters. The van der Waals surface area contributed by atoms with Crippen LogP contribution in [0.1, 0.15) is 5.82 Å². The lowest BCUT2D eigenvalue weighted by atomic mass is 10.3. The number of para-hydroxylation sites is 2. The molecule has 1 aliphatic rings. The van der Waals surface area contributed by atoms with Gasteiger partial charge in [-0.3, -0.25) is 4.57 Å². The van der Waals surface area contributed by atoms with E-state index in [1.54, 1.807) is 6.26 Å². The van der Waals surface area contributed by atoms with Crippen LogP contribution < -0.4 is 0 Å². The van der Waals surface area contributed by atoms with Crippen LogP contribution in [0.2, 0.25) is 0 Å². The van der Waals surface area contributed by atoms with Gasteiger partial charge in [0.25, 0.3) is 0 Å². The number of nitrogens with zero attached hydrogens (tertiary/aromatic N) is 2. The number of hydrogen-bond acceptors (Lipinski definition) is 2. The Balaban J connectivity index is 2.33. The summed E-state index contributed by atoms with van der Waals surface area (Å²) >= 11 is 0. The van der Waals surface area contributed by atoms with Crippen LogP contribution in [0.4, 0.5) is 0 Å². The van der Waals surface area contributed by atoms with Crippen molar-refractivity contribution in [3.8, 4) is 0 Å². The zero-order valence-corrected chi connectivity index (χ0v) is 8.13. The van der Waals surface area contributed by atoms with E-state index in [1.807, 2.05) is 47.2 Å². The molecule has 3 heteroatoms. The quantitative estimate of drug-likeness (QED) is 0.650. The van der Waals surface area contributed by atoms with Gasteiger partial charge in [0.05, 0.1) is 11.0 Å². The summed E-state index contributed by atoms with van der Waals surface area (Å²) in [6.07, 6.45) is 7.53. The smallest absolute Gasteiger partial charge is 0.137 e. The second-order valence-electron chi connectivity index (χ2n) is 3.35. The fraction of sp³-hybridized carbons (Fsp3) is 0.0833. The van der Waals surface area contributed by atoms with Crippen LogP contribution >= 0.6 is 0 Å². The SMILES string of the molecule is C1=Cc2nc3ccccc3n2/C=C/OC1. The minimum atomic E-state index is 0.597. The predicted molar refractivity (Wildman–Crippen MR) is 60.0 cm³/mol. The highest BCUT2D eigenvalue weighted by Crippen LogP contribution is 2.18. The van der Waals surface area contributed by atoms with E-state index in [9.17, 15) is 0 Å². The van der Waals surface area contributed by atoms with Gasteiger partial charge in [-0.2, -0.15) is 0 Å². The maximum atomic E-state index is 5.23. The maximum absolute atomic E-state index is 5.23. The highest BCUT2D eigenvalue weighted by Gasteiger charge is 2.06. The summed E-state index contributed by atoms with van der Waals surface area (Å²) in [5.74, 6) is 0.941. The Bertz CT molecular complexity index is 552. The van der Waals surface area contributed by atoms with Gasteiger partial charge < -0.3 is 4.74 Å². The average molecular weight is 198 g/mol. The molecule has 3 nitrogen and oxygen atoms in total. The Kier molecular flexibility index (Phi) is 1.81. The van der Waals surface area contributed by atoms with E-state index >= 15 is 0 Å². The molecular formula is C12H10N2O. The van der Waals surface area contributed by atoms with E-state index in [2.05, 4.69) is 4.98 Å². The van der Waals surface area contributed by atoms with E-state index in [0.717, 1.165) is 16.9 Å². The van der Waals surface area contributed by atoms with Gasteiger partial charge in [0.15, 0.2) is 0 Å². The number of fused-ring (bicyclic) bond motifs is 3. The third-order valence-corrected chi connectivity index (χ3v) is 2.39. The molecule has 0 saturated heterocycles. The van der Waals surface area contributed by atoms with Crippen molar-refractivity contribution in [3.05, 3.63) is 42.4 Å². The second kappa shape index (κ2) is 3.28. The molecule has 3 rings (SSSR count). The summed E-state index contributed by atoms with van der Waals surface area (Å²) in [5, 5.41) is 0. The molecule has 1 aliphatic heterocycles. The van der Waals surface area contributed by atoms with Gasteiger partial charge in [-0.1, -0.05) is 12.1 Å². The van der Waals surface area contributed by atoms with Crippen molar-refractivity contribution in [2.45, 2.75) is 0 Å². The van der Waals surface area contributed by atoms with Crippen molar-refractivity contribution in [3.63, 3.8) is 0 Å². The molecule has 1 aromatic heterocycles. The van der Waals surface area contributed by atoms with Crippen molar-refractivity contribution in [2.75, 3.05) is 6.61 Å². The van der Waals surface area contributed by atoms with Crippen molar-refractivity contribution >= 4 is 23.3 Å². The van der Waals surface area contributed by atoms with Crippen LogP contribution in [0.25, 0.3) is 23.3 Å². The number of rotatable bonds is 0. The zero-order chi connectivity index (χ0) is 10.1. The molecule has 2 aromatic rings. The van der Waals surface area contributed by atoms with Crippen LogP contribution in [0.3, 0.4) is 0 Å². The number of benzene rings is 1. The van der Waals surface area contributed by atoms with Gasteiger partial charge in [-0.25, -0.2) is 4.98 Å². The highest BCUT2D eigenvalue weighted by atomic mass is 16.5. The summed E-state index contributed by atoms with van der Waals surface area (Å²) in [6.45, 7) is 0.597. The van der Waals surface area contributed by atoms with E-state index < -0.39 is 0 Å². The summed E-state index contributed by atoms with van der Waals surface area (Å²) in [7, 11) is 0. The Morgan fingerprint density at radius 1 is 1.27 bits per heavy atom. The number of aromatic nitrogens is 2. The van der Waals surface area contributed by atoms with Gasteiger partial charge >= 0.3 is 0 Å². The molecule has 0 unspecified atom stereocenters. The van der Waals surface area contributed by atoms with E-state index in [-0.39, 0.29) is 0 Å². The molecule has 0 amide bonds.